The van der Waals surface area contributed by atoms with E-state index in [2.05, 4.69) is 90.0 Å². The van der Waals surface area contributed by atoms with Crippen molar-refractivity contribution in [3.63, 3.8) is 0 Å². The lowest BCUT2D eigenvalue weighted by molar-refractivity contribution is 0.0642. The molecule has 0 aliphatic carbocycles. The number of phenolic OH excluding ortho intramolecular Hbond substituents is 1. The van der Waals surface area contributed by atoms with Crippen molar-refractivity contribution in [2.75, 3.05) is 34.2 Å². The molecule has 1 fully saturated rings. The number of likely N-dealkylation sites (tertiary alicyclic amines) is 1. The number of rotatable bonds is 3. The predicted octanol–water partition coefficient (Wildman–Crippen LogP) is 5.59. The second-order valence-electron chi connectivity index (χ2n) is 11.2. The molecule has 166 valence electrons. The normalized spacial score (nSPS) is 18.2. The minimum Gasteiger partial charge on any atom is -0.507 e. The van der Waals surface area contributed by atoms with Crippen LogP contribution in [0.3, 0.4) is 0 Å². The van der Waals surface area contributed by atoms with E-state index in [4.69, 9.17) is 4.98 Å². The molecule has 1 aromatic carbocycles. The third kappa shape index (κ3) is 4.30. The van der Waals surface area contributed by atoms with E-state index >= 15 is 0 Å². The minimum absolute atomic E-state index is 0.00601. The first-order chi connectivity index (χ1) is 13.8. The summed E-state index contributed by atoms with van der Waals surface area (Å²) < 4.78 is 0. The first-order valence-electron chi connectivity index (χ1n) is 11.0. The second kappa shape index (κ2) is 7.92. The van der Waals surface area contributed by atoms with Gasteiger partial charge < -0.3 is 10.0 Å². The molecule has 0 unspecified atom stereocenters. The van der Waals surface area contributed by atoms with Crippen molar-refractivity contribution < 1.29 is 5.11 Å². The Labute approximate surface area is 186 Å². The fraction of sp³-hybridized carbons (Fsp3) is 0.640. The number of nitrogens with zero attached hydrogens (tertiary/aromatic N) is 3. The number of hydrogen-bond donors (Lipinski definition) is 1. The van der Waals surface area contributed by atoms with Gasteiger partial charge in [-0.1, -0.05) is 41.5 Å². The second-order valence-corrected chi connectivity index (χ2v) is 12.0. The van der Waals surface area contributed by atoms with Gasteiger partial charge in [0.15, 0.2) is 0 Å². The largest absolute Gasteiger partial charge is 0.507 e. The predicted molar refractivity (Wildman–Crippen MR) is 129 cm³/mol. The van der Waals surface area contributed by atoms with Crippen LogP contribution in [0, 0.1) is 0 Å². The van der Waals surface area contributed by atoms with Gasteiger partial charge in [0.05, 0.1) is 11.2 Å². The summed E-state index contributed by atoms with van der Waals surface area (Å²) in [5.74, 6) is 0.425. The lowest BCUT2D eigenvalue weighted by Crippen LogP contribution is -2.49. The summed E-state index contributed by atoms with van der Waals surface area (Å²) in [5, 5.41) is 14.5. The summed E-state index contributed by atoms with van der Waals surface area (Å²) in [6.07, 6.45) is 2.19. The van der Waals surface area contributed by atoms with Crippen LogP contribution >= 0.6 is 11.3 Å². The molecule has 0 radical (unpaired) electrons. The summed E-state index contributed by atoms with van der Waals surface area (Å²) in [6, 6.07) is 4.28. The van der Waals surface area contributed by atoms with E-state index in [1.54, 1.807) is 11.3 Å². The van der Waals surface area contributed by atoms with Crippen LogP contribution in [-0.2, 0) is 16.4 Å². The maximum Gasteiger partial charge on any atom is 0.123 e. The molecule has 1 aromatic heterocycles. The quantitative estimate of drug-likeness (QED) is 0.690. The van der Waals surface area contributed by atoms with Crippen molar-refractivity contribution in [2.24, 2.45) is 0 Å². The molecule has 5 heteroatoms. The molecular formula is C25H39N3OS. The zero-order valence-corrected chi connectivity index (χ0v) is 21.1. The number of thiazole rings is 1. The zero-order chi connectivity index (χ0) is 22.5. The highest BCUT2D eigenvalue weighted by atomic mass is 32.1. The van der Waals surface area contributed by atoms with Crippen LogP contribution in [0.4, 0.5) is 0 Å². The van der Waals surface area contributed by atoms with Gasteiger partial charge >= 0.3 is 0 Å². The van der Waals surface area contributed by atoms with Crippen LogP contribution in [0.5, 0.6) is 5.75 Å². The molecule has 1 saturated heterocycles. The van der Waals surface area contributed by atoms with Crippen LogP contribution in [0.2, 0.25) is 0 Å². The lowest BCUT2D eigenvalue weighted by Gasteiger charge is -2.44. The highest BCUT2D eigenvalue weighted by molar-refractivity contribution is 7.10. The summed E-state index contributed by atoms with van der Waals surface area (Å²) in [5.41, 5.74) is 3.82. The third-order valence-electron chi connectivity index (χ3n) is 6.59. The number of aromatic nitrogens is 1. The van der Waals surface area contributed by atoms with E-state index < -0.39 is 0 Å². The van der Waals surface area contributed by atoms with Gasteiger partial charge in [-0.3, -0.25) is 4.90 Å². The number of piperidine rings is 1. The molecule has 1 N–H and O–H groups in total. The number of aromatic hydroxyl groups is 1. The van der Waals surface area contributed by atoms with Gasteiger partial charge in [-0.2, -0.15) is 0 Å². The molecule has 3 rings (SSSR count). The number of benzene rings is 1. The Bertz CT molecular complexity index is 859. The van der Waals surface area contributed by atoms with Gasteiger partial charge in [0.25, 0.3) is 0 Å². The van der Waals surface area contributed by atoms with Gasteiger partial charge in [0, 0.05) is 35.2 Å². The highest BCUT2D eigenvalue weighted by Gasteiger charge is 2.40. The number of hydrogen-bond acceptors (Lipinski definition) is 5. The van der Waals surface area contributed by atoms with Gasteiger partial charge in [-0.05, 0) is 56.9 Å². The van der Waals surface area contributed by atoms with Crippen molar-refractivity contribution in [1.29, 1.82) is 0 Å². The van der Waals surface area contributed by atoms with Crippen LogP contribution in [0.15, 0.2) is 17.5 Å². The molecular weight excluding hydrogens is 390 g/mol. The van der Waals surface area contributed by atoms with Gasteiger partial charge in [-0.15, -0.1) is 11.3 Å². The Morgan fingerprint density at radius 1 is 1.00 bits per heavy atom. The summed E-state index contributed by atoms with van der Waals surface area (Å²) in [4.78, 5) is 9.94. The Balaban J connectivity index is 2.11. The average Bonchev–Trinajstić information content (AvgIpc) is 3.11. The molecule has 0 spiro atoms. The Kier molecular flexibility index (Phi) is 6.14. The summed E-state index contributed by atoms with van der Waals surface area (Å²) in [6.45, 7) is 15.1. The van der Waals surface area contributed by atoms with Crippen LogP contribution in [0.25, 0.3) is 11.3 Å². The first-order valence-corrected chi connectivity index (χ1v) is 11.8. The lowest BCUT2D eigenvalue weighted by atomic mass is 9.78. The van der Waals surface area contributed by atoms with Crippen LogP contribution < -0.4 is 0 Å². The van der Waals surface area contributed by atoms with E-state index in [-0.39, 0.29) is 16.4 Å². The van der Waals surface area contributed by atoms with Crippen molar-refractivity contribution in [2.45, 2.75) is 70.8 Å². The molecule has 0 amide bonds. The average molecular weight is 430 g/mol. The van der Waals surface area contributed by atoms with Crippen molar-refractivity contribution in [3.8, 4) is 17.0 Å². The van der Waals surface area contributed by atoms with Crippen molar-refractivity contribution >= 4 is 11.3 Å². The fourth-order valence-electron chi connectivity index (χ4n) is 4.39. The number of phenols is 1. The van der Waals surface area contributed by atoms with Crippen molar-refractivity contribution in [3.05, 3.63) is 33.6 Å². The minimum atomic E-state index is -0.141. The molecule has 0 saturated carbocycles. The highest BCUT2D eigenvalue weighted by Crippen LogP contribution is 2.44. The van der Waals surface area contributed by atoms with E-state index in [1.165, 1.54) is 5.01 Å². The van der Waals surface area contributed by atoms with Gasteiger partial charge in [0.2, 0.25) is 0 Å². The monoisotopic (exact) mass is 429 g/mol. The zero-order valence-electron chi connectivity index (χ0n) is 20.3. The van der Waals surface area contributed by atoms with Crippen molar-refractivity contribution in [1.82, 2.24) is 14.8 Å². The SMILES string of the molecule is CN1CCC(c2nc(-c3cc(C(C)(C)C)c(O)c(C(C)(C)C)c3)cs2)(N(C)C)CC1. The van der Waals surface area contributed by atoms with E-state index in [0.717, 1.165) is 48.3 Å². The smallest absolute Gasteiger partial charge is 0.123 e. The fourth-order valence-corrected chi connectivity index (χ4v) is 5.56. The molecule has 30 heavy (non-hydrogen) atoms. The van der Waals surface area contributed by atoms with E-state index in [1.807, 2.05) is 0 Å². The third-order valence-corrected chi connectivity index (χ3v) is 7.63. The summed E-state index contributed by atoms with van der Waals surface area (Å²) in [7, 11) is 6.57. The van der Waals surface area contributed by atoms with E-state index in [9.17, 15) is 5.11 Å². The standard InChI is InChI=1S/C25H39N3OS/c1-23(2,3)18-14-17(15-19(21(18)29)24(4,5)6)20-16-30-22(26-20)25(27(7)8)10-12-28(9)13-11-25/h14-16,29H,10-13H2,1-9H3. The first kappa shape index (κ1) is 23.2. The summed E-state index contributed by atoms with van der Waals surface area (Å²) >= 11 is 1.78. The molecule has 0 atom stereocenters. The molecule has 2 aromatic rings. The Morgan fingerprint density at radius 3 is 1.93 bits per heavy atom. The molecule has 1 aliphatic rings. The molecule has 4 nitrogen and oxygen atoms in total. The topological polar surface area (TPSA) is 39.6 Å². The Morgan fingerprint density at radius 2 is 1.50 bits per heavy atom. The molecule has 2 heterocycles. The van der Waals surface area contributed by atoms with E-state index in [0.29, 0.717) is 5.75 Å². The molecule has 1 aliphatic heterocycles. The van der Waals surface area contributed by atoms with Gasteiger partial charge in [0.1, 0.15) is 10.8 Å². The van der Waals surface area contributed by atoms with Gasteiger partial charge in [-0.25, -0.2) is 4.98 Å². The van der Waals surface area contributed by atoms with Crippen LogP contribution in [0.1, 0.15) is 70.5 Å². The maximum atomic E-state index is 11.1. The maximum absolute atomic E-state index is 11.1. The Hall–Kier alpha value is -1.43. The van der Waals surface area contributed by atoms with Crippen LogP contribution in [-0.4, -0.2) is 54.1 Å². The molecule has 0 bridgehead atoms.